The van der Waals surface area contributed by atoms with E-state index in [1.54, 1.807) is 6.07 Å². The number of nitrogens with two attached hydrogens (primary N) is 1. The highest BCUT2D eigenvalue weighted by atomic mass is 32.1. The van der Waals surface area contributed by atoms with E-state index in [9.17, 15) is 0 Å². The van der Waals surface area contributed by atoms with Gasteiger partial charge in [0, 0.05) is 12.6 Å². The summed E-state index contributed by atoms with van der Waals surface area (Å²) in [6.07, 6.45) is 1.05. The number of nitrogens with zero attached hydrogens (tertiary/aromatic N) is 2. The topological polar surface area (TPSA) is 63.8 Å². The zero-order chi connectivity index (χ0) is 10.6. The number of aromatic nitrogens is 2. The first-order chi connectivity index (χ1) is 6.63. The first-order valence-corrected chi connectivity index (χ1v) is 4.93. The van der Waals surface area contributed by atoms with Crippen LogP contribution in [-0.4, -0.2) is 21.5 Å². The highest BCUT2D eigenvalue weighted by molar-refractivity contribution is 7.80. The molecule has 0 saturated heterocycles. The molecule has 1 heterocycles. The van der Waals surface area contributed by atoms with Crippen LogP contribution in [0.15, 0.2) is 6.07 Å². The fourth-order valence-corrected chi connectivity index (χ4v) is 1.14. The van der Waals surface area contributed by atoms with Crippen molar-refractivity contribution in [1.29, 1.82) is 0 Å². The number of aryl methyl sites for hydroxylation is 1. The molecule has 0 atom stereocenters. The van der Waals surface area contributed by atoms with Crippen LogP contribution in [0.1, 0.15) is 24.9 Å². The Labute approximate surface area is 88.9 Å². The van der Waals surface area contributed by atoms with Crippen molar-refractivity contribution in [3.63, 3.8) is 0 Å². The minimum atomic E-state index is 0.301. The van der Waals surface area contributed by atoms with E-state index in [1.165, 1.54) is 0 Å². The van der Waals surface area contributed by atoms with Gasteiger partial charge in [0.1, 0.15) is 22.3 Å². The molecule has 4 nitrogen and oxygen atoms in total. The molecule has 76 valence electrons. The second kappa shape index (κ2) is 4.85. The van der Waals surface area contributed by atoms with E-state index in [4.69, 9.17) is 18.0 Å². The van der Waals surface area contributed by atoms with E-state index < -0.39 is 0 Å². The standard InChI is InChI=1S/C9H14N4S/c1-3-4-11-8-5-7(9(10)14)12-6(2)13-8/h5H,3-4H2,1-2H3,(H2,10,14)(H,11,12,13). The van der Waals surface area contributed by atoms with E-state index in [2.05, 4.69) is 22.2 Å². The first kappa shape index (κ1) is 10.8. The summed E-state index contributed by atoms with van der Waals surface area (Å²) >= 11 is 4.85. The van der Waals surface area contributed by atoms with Gasteiger partial charge in [0.15, 0.2) is 0 Å². The van der Waals surface area contributed by atoms with Crippen molar-refractivity contribution in [3.05, 3.63) is 17.6 Å². The molecule has 0 amide bonds. The minimum Gasteiger partial charge on any atom is -0.388 e. The molecule has 0 spiro atoms. The molecule has 0 bridgehead atoms. The van der Waals surface area contributed by atoms with Crippen molar-refractivity contribution in [1.82, 2.24) is 9.97 Å². The lowest BCUT2D eigenvalue weighted by atomic mass is 10.3. The Morgan fingerprint density at radius 1 is 1.57 bits per heavy atom. The van der Waals surface area contributed by atoms with Crippen LogP contribution >= 0.6 is 12.2 Å². The van der Waals surface area contributed by atoms with E-state index in [1.807, 2.05) is 6.92 Å². The molecular formula is C9H14N4S. The summed E-state index contributed by atoms with van der Waals surface area (Å²) in [5.41, 5.74) is 6.11. The predicted molar refractivity (Wildman–Crippen MR) is 61.4 cm³/mol. The van der Waals surface area contributed by atoms with Crippen molar-refractivity contribution in [3.8, 4) is 0 Å². The van der Waals surface area contributed by atoms with Crippen LogP contribution in [0.4, 0.5) is 5.82 Å². The summed E-state index contributed by atoms with van der Waals surface area (Å²) in [5, 5.41) is 3.16. The molecule has 1 aromatic heterocycles. The third-order valence-corrected chi connectivity index (χ3v) is 1.86. The quantitative estimate of drug-likeness (QED) is 0.732. The molecule has 0 aliphatic heterocycles. The fourth-order valence-electron chi connectivity index (χ4n) is 1.04. The maximum atomic E-state index is 5.49. The Kier molecular flexibility index (Phi) is 3.76. The predicted octanol–water partition coefficient (Wildman–Crippen LogP) is 1.24. The van der Waals surface area contributed by atoms with E-state index in [0.717, 1.165) is 18.8 Å². The average Bonchev–Trinajstić information content (AvgIpc) is 2.14. The van der Waals surface area contributed by atoms with E-state index >= 15 is 0 Å². The van der Waals surface area contributed by atoms with Crippen LogP contribution in [0.5, 0.6) is 0 Å². The van der Waals surface area contributed by atoms with Crippen molar-refractivity contribution >= 4 is 23.0 Å². The molecular weight excluding hydrogens is 196 g/mol. The monoisotopic (exact) mass is 210 g/mol. The second-order valence-corrected chi connectivity index (χ2v) is 3.42. The van der Waals surface area contributed by atoms with E-state index in [0.29, 0.717) is 16.5 Å². The zero-order valence-electron chi connectivity index (χ0n) is 8.37. The molecule has 0 unspecified atom stereocenters. The number of thiocarbonyl (C=S) groups is 1. The Morgan fingerprint density at radius 2 is 2.29 bits per heavy atom. The molecule has 0 aromatic carbocycles. The van der Waals surface area contributed by atoms with Crippen LogP contribution in [0.25, 0.3) is 0 Å². The van der Waals surface area contributed by atoms with Crippen molar-refractivity contribution < 1.29 is 0 Å². The van der Waals surface area contributed by atoms with Crippen LogP contribution in [0.2, 0.25) is 0 Å². The fraction of sp³-hybridized carbons (Fsp3) is 0.444. The lowest BCUT2D eigenvalue weighted by molar-refractivity contribution is 0.952. The van der Waals surface area contributed by atoms with Crippen LogP contribution < -0.4 is 11.1 Å². The third-order valence-electron chi connectivity index (χ3n) is 1.65. The summed E-state index contributed by atoms with van der Waals surface area (Å²) < 4.78 is 0. The maximum absolute atomic E-state index is 5.49. The Balaban J connectivity index is 2.89. The lowest BCUT2D eigenvalue weighted by Crippen LogP contribution is -2.14. The smallest absolute Gasteiger partial charge is 0.130 e. The number of anilines is 1. The van der Waals surface area contributed by atoms with Gasteiger partial charge in [-0.05, 0) is 13.3 Å². The van der Waals surface area contributed by atoms with Crippen molar-refractivity contribution in [2.75, 3.05) is 11.9 Å². The number of nitrogens with one attached hydrogen (secondary N) is 1. The number of rotatable bonds is 4. The summed E-state index contributed by atoms with van der Waals surface area (Å²) in [6.45, 7) is 4.79. The number of hydrogen-bond donors (Lipinski definition) is 2. The lowest BCUT2D eigenvalue weighted by Gasteiger charge is -2.06. The van der Waals surface area contributed by atoms with Crippen LogP contribution in [0.3, 0.4) is 0 Å². The first-order valence-electron chi connectivity index (χ1n) is 4.53. The van der Waals surface area contributed by atoms with Gasteiger partial charge in [0.2, 0.25) is 0 Å². The zero-order valence-corrected chi connectivity index (χ0v) is 9.19. The minimum absolute atomic E-state index is 0.301. The van der Waals surface area contributed by atoms with Gasteiger partial charge in [-0.25, -0.2) is 9.97 Å². The maximum Gasteiger partial charge on any atom is 0.130 e. The molecule has 1 aromatic rings. The second-order valence-electron chi connectivity index (χ2n) is 2.98. The molecule has 0 fully saturated rings. The highest BCUT2D eigenvalue weighted by Crippen LogP contribution is 2.06. The molecule has 0 radical (unpaired) electrons. The molecule has 1 rings (SSSR count). The molecule has 3 N–H and O–H groups in total. The average molecular weight is 210 g/mol. The molecule has 5 heteroatoms. The summed E-state index contributed by atoms with van der Waals surface area (Å²) in [5.74, 6) is 1.45. The van der Waals surface area contributed by atoms with Gasteiger partial charge >= 0.3 is 0 Å². The Bertz CT molecular complexity index is 338. The van der Waals surface area contributed by atoms with Gasteiger partial charge < -0.3 is 11.1 Å². The van der Waals surface area contributed by atoms with Crippen molar-refractivity contribution in [2.45, 2.75) is 20.3 Å². The molecule has 0 aliphatic rings. The number of hydrogen-bond acceptors (Lipinski definition) is 4. The van der Waals surface area contributed by atoms with Crippen molar-refractivity contribution in [2.24, 2.45) is 5.73 Å². The van der Waals surface area contributed by atoms with Crippen LogP contribution in [-0.2, 0) is 0 Å². The molecule has 14 heavy (non-hydrogen) atoms. The molecule has 0 aliphatic carbocycles. The Morgan fingerprint density at radius 3 is 2.86 bits per heavy atom. The van der Waals surface area contributed by atoms with Gasteiger partial charge in [0.25, 0.3) is 0 Å². The van der Waals surface area contributed by atoms with Gasteiger partial charge in [-0.2, -0.15) is 0 Å². The molecule has 0 saturated carbocycles. The van der Waals surface area contributed by atoms with Crippen LogP contribution in [0, 0.1) is 6.92 Å². The summed E-state index contributed by atoms with van der Waals surface area (Å²) in [4.78, 5) is 8.64. The summed E-state index contributed by atoms with van der Waals surface area (Å²) in [7, 11) is 0. The SMILES string of the molecule is CCCNc1cc(C(N)=S)nc(C)n1. The highest BCUT2D eigenvalue weighted by Gasteiger charge is 2.02. The third kappa shape index (κ3) is 2.92. The largest absolute Gasteiger partial charge is 0.388 e. The summed E-state index contributed by atoms with van der Waals surface area (Å²) in [6, 6.07) is 1.77. The van der Waals surface area contributed by atoms with Gasteiger partial charge in [-0.1, -0.05) is 19.1 Å². The van der Waals surface area contributed by atoms with Gasteiger partial charge in [-0.3, -0.25) is 0 Å². The van der Waals surface area contributed by atoms with Gasteiger partial charge in [0.05, 0.1) is 0 Å². The Hall–Kier alpha value is -1.23. The van der Waals surface area contributed by atoms with Gasteiger partial charge in [-0.15, -0.1) is 0 Å². The normalized spacial score (nSPS) is 9.86. The van der Waals surface area contributed by atoms with E-state index in [-0.39, 0.29) is 0 Å².